The van der Waals surface area contributed by atoms with Gasteiger partial charge in [-0.25, -0.2) is 0 Å². The van der Waals surface area contributed by atoms with E-state index in [1.807, 2.05) is 11.3 Å². The fraction of sp³-hybridized carbons (Fsp3) is 0.300. The number of thioether (sulfide) groups is 1. The summed E-state index contributed by atoms with van der Waals surface area (Å²) in [6.45, 7) is 2.16. The number of benzene rings is 1. The molecule has 0 radical (unpaired) electrons. The Morgan fingerprint density at radius 1 is 1.38 bits per heavy atom. The fourth-order valence-corrected chi connectivity index (χ4v) is 2.94. The van der Waals surface area contributed by atoms with Crippen LogP contribution in [0.4, 0.5) is 0 Å². The van der Waals surface area contributed by atoms with Crippen LogP contribution in [0.15, 0.2) is 23.1 Å². The van der Waals surface area contributed by atoms with E-state index in [0.717, 1.165) is 0 Å². The van der Waals surface area contributed by atoms with Gasteiger partial charge in [-0.3, -0.25) is 0 Å². The molecule has 0 aliphatic rings. The lowest BCUT2D eigenvalue weighted by Crippen LogP contribution is -2.28. The number of aryl methyl sites for hydroxylation is 2. The normalized spacial score (nSPS) is 11.0. The molecule has 2 aromatic rings. The Hall–Kier alpha value is -0.540. The smallest absolute Gasteiger partial charge is 0.189 e. The van der Waals surface area contributed by atoms with Gasteiger partial charge in [0.05, 0.1) is 0 Å². The van der Waals surface area contributed by atoms with Crippen LogP contribution in [0.2, 0.25) is 0 Å². The second-order valence-electron chi connectivity index (χ2n) is 3.01. The maximum absolute atomic E-state index is 2.26. The van der Waals surface area contributed by atoms with Gasteiger partial charge in [0.2, 0.25) is 10.5 Å². The lowest BCUT2D eigenvalue weighted by molar-refractivity contribution is -0.646. The maximum Gasteiger partial charge on any atom is 0.234 e. The highest BCUT2D eigenvalue weighted by Gasteiger charge is 2.12. The second kappa shape index (κ2) is 3.31. The Balaban J connectivity index is 2.73. The van der Waals surface area contributed by atoms with E-state index in [2.05, 4.69) is 43.0 Å². The zero-order chi connectivity index (χ0) is 9.42. The molecule has 0 unspecified atom stereocenters. The summed E-state index contributed by atoms with van der Waals surface area (Å²) in [5.74, 6) is 0. The van der Waals surface area contributed by atoms with Crippen molar-refractivity contribution in [3.63, 3.8) is 0 Å². The predicted molar refractivity (Wildman–Crippen MR) is 59.5 cm³/mol. The van der Waals surface area contributed by atoms with E-state index in [4.69, 9.17) is 0 Å². The van der Waals surface area contributed by atoms with Crippen molar-refractivity contribution >= 4 is 33.3 Å². The summed E-state index contributed by atoms with van der Waals surface area (Å²) in [7, 11) is 2.12. The summed E-state index contributed by atoms with van der Waals surface area (Å²) in [5.41, 5.74) is 1.33. The Kier molecular flexibility index (Phi) is 2.30. The van der Waals surface area contributed by atoms with Gasteiger partial charge in [0.1, 0.15) is 11.7 Å². The molecule has 0 N–H and O–H groups in total. The van der Waals surface area contributed by atoms with E-state index in [9.17, 15) is 0 Å². The van der Waals surface area contributed by atoms with Gasteiger partial charge in [0.25, 0.3) is 0 Å². The van der Waals surface area contributed by atoms with E-state index in [1.165, 1.54) is 20.1 Å². The molecule has 13 heavy (non-hydrogen) atoms. The average Bonchev–Trinajstić information content (AvgIpc) is 2.42. The lowest BCUT2D eigenvalue weighted by atomic mass is 10.3. The quantitative estimate of drug-likeness (QED) is 0.517. The minimum atomic E-state index is 1.33. The third-order valence-corrected chi connectivity index (χ3v) is 4.10. The van der Waals surface area contributed by atoms with Gasteiger partial charge in [-0.2, -0.15) is 4.57 Å². The van der Waals surface area contributed by atoms with Crippen molar-refractivity contribution < 1.29 is 4.57 Å². The van der Waals surface area contributed by atoms with E-state index in [1.54, 1.807) is 11.8 Å². The number of fused-ring (bicyclic) bond motifs is 1. The molecule has 1 nitrogen and oxygen atoms in total. The summed E-state index contributed by atoms with van der Waals surface area (Å²) >= 11 is 3.65. The van der Waals surface area contributed by atoms with Gasteiger partial charge in [0, 0.05) is 17.9 Å². The number of thiazole rings is 1. The van der Waals surface area contributed by atoms with E-state index in [0.29, 0.717) is 0 Å². The van der Waals surface area contributed by atoms with E-state index < -0.39 is 0 Å². The SMILES string of the molecule is CSc1ccc2c(c1)sc(C)[n+]2C. The Morgan fingerprint density at radius 2 is 2.15 bits per heavy atom. The predicted octanol–water partition coefficient (Wildman–Crippen LogP) is 2.76. The zero-order valence-electron chi connectivity index (χ0n) is 8.00. The third kappa shape index (κ3) is 1.46. The number of aromatic nitrogens is 1. The molecule has 3 heteroatoms. The molecule has 0 bridgehead atoms. The van der Waals surface area contributed by atoms with Crippen LogP contribution in [0.3, 0.4) is 0 Å². The van der Waals surface area contributed by atoms with Crippen LogP contribution in [0.5, 0.6) is 0 Å². The highest BCUT2D eigenvalue weighted by atomic mass is 32.2. The molecular weight excluding hydrogens is 198 g/mol. The van der Waals surface area contributed by atoms with Crippen LogP contribution in [0.25, 0.3) is 10.2 Å². The van der Waals surface area contributed by atoms with Crippen LogP contribution in [0, 0.1) is 6.92 Å². The van der Waals surface area contributed by atoms with E-state index >= 15 is 0 Å². The average molecular weight is 210 g/mol. The van der Waals surface area contributed by atoms with Gasteiger partial charge in [-0.15, -0.1) is 11.8 Å². The second-order valence-corrected chi connectivity index (χ2v) is 5.13. The molecule has 0 saturated heterocycles. The van der Waals surface area contributed by atoms with E-state index in [-0.39, 0.29) is 0 Å². The van der Waals surface area contributed by atoms with Crippen molar-refractivity contribution in [3.8, 4) is 0 Å². The molecule has 0 amide bonds. The van der Waals surface area contributed by atoms with Crippen molar-refractivity contribution in [1.29, 1.82) is 0 Å². The minimum Gasteiger partial charge on any atom is -0.189 e. The van der Waals surface area contributed by atoms with Crippen LogP contribution in [-0.2, 0) is 7.05 Å². The number of nitrogens with zero attached hydrogens (tertiary/aromatic N) is 1. The molecule has 1 aromatic heterocycles. The summed E-state index contributed by atoms with van der Waals surface area (Å²) in [5, 5.41) is 1.35. The van der Waals surface area contributed by atoms with Gasteiger partial charge >= 0.3 is 0 Å². The molecule has 2 rings (SSSR count). The third-order valence-electron chi connectivity index (χ3n) is 2.26. The number of hydrogen-bond donors (Lipinski definition) is 0. The molecule has 0 atom stereocenters. The van der Waals surface area contributed by atoms with Crippen molar-refractivity contribution in [2.24, 2.45) is 7.05 Å². The van der Waals surface area contributed by atoms with Crippen LogP contribution < -0.4 is 4.57 Å². The standard InChI is InChI=1S/C10H12NS2/c1-7-11(2)9-5-4-8(12-3)6-10(9)13-7/h4-6H,1-3H3/q+1. The van der Waals surface area contributed by atoms with Crippen LogP contribution >= 0.6 is 23.1 Å². The summed E-state index contributed by atoms with van der Waals surface area (Å²) in [6.07, 6.45) is 2.11. The summed E-state index contributed by atoms with van der Waals surface area (Å²) in [6, 6.07) is 6.64. The Morgan fingerprint density at radius 3 is 2.85 bits per heavy atom. The summed E-state index contributed by atoms with van der Waals surface area (Å²) in [4.78, 5) is 1.34. The first-order valence-corrected chi connectivity index (χ1v) is 6.19. The highest BCUT2D eigenvalue weighted by Crippen LogP contribution is 2.24. The Bertz CT molecular complexity index is 445. The topological polar surface area (TPSA) is 3.88 Å². The van der Waals surface area contributed by atoms with Crippen molar-refractivity contribution in [2.45, 2.75) is 11.8 Å². The molecule has 0 aliphatic carbocycles. The molecule has 0 saturated carbocycles. The first-order chi connectivity index (χ1) is 6.22. The summed E-state index contributed by atoms with van der Waals surface area (Å²) < 4.78 is 3.62. The highest BCUT2D eigenvalue weighted by molar-refractivity contribution is 7.98. The minimum absolute atomic E-state index is 1.33. The first-order valence-electron chi connectivity index (χ1n) is 4.15. The molecule has 0 fully saturated rings. The van der Waals surface area contributed by atoms with Gasteiger partial charge in [-0.05, 0) is 18.4 Å². The lowest BCUT2D eigenvalue weighted by Gasteiger charge is -1.92. The number of rotatable bonds is 1. The molecule has 1 aromatic carbocycles. The fourth-order valence-electron chi connectivity index (χ4n) is 1.38. The van der Waals surface area contributed by atoms with Gasteiger partial charge in [-0.1, -0.05) is 11.3 Å². The molecule has 0 aliphatic heterocycles. The van der Waals surface area contributed by atoms with Crippen molar-refractivity contribution in [1.82, 2.24) is 0 Å². The van der Waals surface area contributed by atoms with Gasteiger partial charge < -0.3 is 0 Å². The zero-order valence-corrected chi connectivity index (χ0v) is 9.63. The van der Waals surface area contributed by atoms with Crippen molar-refractivity contribution in [2.75, 3.05) is 6.26 Å². The monoisotopic (exact) mass is 210 g/mol. The molecule has 0 spiro atoms. The first kappa shape index (κ1) is 9.03. The molecule has 1 heterocycles. The number of hydrogen-bond acceptors (Lipinski definition) is 2. The molecule has 68 valence electrons. The van der Waals surface area contributed by atoms with Gasteiger partial charge in [0.15, 0.2) is 0 Å². The van der Waals surface area contributed by atoms with Crippen LogP contribution in [-0.4, -0.2) is 6.26 Å². The Labute approximate surface area is 86.4 Å². The maximum atomic E-state index is 2.26. The van der Waals surface area contributed by atoms with Crippen molar-refractivity contribution in [3.05, 3.63) is 23.2 Å². The molecular formula is C10H12NS2+. The van der Waals surface area contributed by atoms with Crippen LogP contribution in [0.1, 0.15) is 5.01 Å². The largest absolute Gasteiger partial charge is 0.234 e.